The Bertz CT molecular complexity index is 622. The lowest BCUT2D eigenvalue weighted by molar-refractivity contribution is 0.0163. The lowest BCUT2D eigenvalue weighted by Crippen LogP contribution is -2.42. The third-order valence-corrected chi connectivity index (χ3v) is 4.06. The van der Waals surface area contributed by atoms with Gasteiger partial charge < -0.3 is 18.9 Å². The second kappa shape index (κ2) is 8.40. The Morgan fingerprint density at radius 3 is 2.35 bits per heavy atom. The van der Waals surface area contributed by atoms with Gasteiger partial charge in [-0.15, -0.1) is 0 Å². The number of carbonyl (C=O) groups is 2. The normalized spacial score (nSPS) is 20.0. The van der Waals surface area contributed by atoms with E-state index in [9.17, 15) is 9.59 Å². The van der Waals surface area contributed by atoms with Crippen LogP contribution in [0.2, 0.25) is 0 Å². The lowest BCUT2D eigenvalue weighted by Gasteiger charge is -2.28. The molecule has 144 valence electrons. The van der Waals surface area contributed by atoms with E-state index in [0.29, 0.717) is 30.9 Å². The van der Waals surface area contributed by atoms with Crippen molar-refractivity contribution in [2.24, 2.45) is 0 Å². The summed E-state index contributed by atoms with van der Waals surface area (Å²) in [5, 5.41) is 0. The summed E-state index contributed by atoms with van der Waals surface area (Å²) < 4.78 is 21.4. The molecule has 1 amide bonds. The van der Waals surface area contributed by atoms with E-state index in [0.717, 1.165) is 0 Å². The maximum Gasteiger partial charge on any atom is 0.410 e. The topological polar surface area (TPSA) is 74.3 Å². The van der Waals surface area contributed by atoms with E-state index in [1.54, 1.807) is 36.3 Å². The van der Waals surface area contributed by atoms with E-state index in [4.69, 9.17) is 14.2 Å². The van der Waals surface area contributed by atoms with Gasteiger partial charge in [-0.1, -0.05) is 0 Å². The number of rotatable bonds is 5. The van der Waals surface area contributed by atoms with Crippen LogP contribution in [0.25, 0.3) is 0 Å². The third kappa shape index (κ3) is 5.36. The van der Waals surface area contributed by atoms with Crippen molar-refractivity contribution >= 4 is 12.1 Å². The number of carbonyl (C=O) groups excluding carboxylic acids is 2. The molecule has 1 fully saturated rings. The molecule has 1 aromatic rings. The minimum atomic E-state index is -0.558. The molecule has 2 rings (SSSR count). The summed E-state index contributed by atoms with van der Waals surface area (Å²) in [6.45, 7) is 6.30. The molecule has 2 atom stereocenters. The summed E-state index contributed by atoms with van der Waals surface area (Å²) in [4.78, 5) is 25.6. The van der Waals surface area contributed by atoms with Gasteiger partial charge >= 0.3 is 12.1 Å². The van der Waals surface area contributed by atoms with Crippen LogP contribution in [0.4, 0.5) is 4.79 Å². The molecule has 7 heteroatoms. The molecule has 1 saturated heterocycles. The summed E-state index contributed by atoms with van der Waals surface area (Å²) in [6, 6.07) is 6.54. The number of hydrogen-bond acceptors (Lipinski definition) is 6. The van der Waals surface area contributed by atoms with Crippen LogP contribution in [0.1, 0.15) is 37.6 Å². The predicted octanol–water partition coefficient (Wildman–Crippen LogP) is 2.88. The Hall–Kier alpha value is -2.28. The summed E-state index contributed by atoms with van der Waals surface area (Å²) in [5.74, 6) is 0.217. The van der Waals surface area contributed by atoms with Crippen LogP contribution in [-0.4, -0.2) is 62.1 Å². The summed E-state index contributed by atoms with van der Waals surface area (Å²) in [5.41, 5.74) is -0.104. The SMILES string of the molecule is COC(=O)c1ccc(OCC2CC(OC)CN2C(=O)OC(C)(C)C)cc1. The number of hydrogen-bond donors (Lipinski definition) is 0. The largest absolute Gasteiger partial charge is 0.491 e. The van der Waals surface area contributed by atoms with Gasteiger partial charge in [-0.25, -0.2) is 9.59 Å². The molecule has 0 aromatic heterocycles. The van der Waals surface area contributed by atoms with Gasteiger partial charge in [-0.3, -0.25) is 4.90 Å². The number of nitrogens with zero attached hydrogens (tertiary/aromatic N) is 1. The molecule has 1 aromatic carbocycles. The van der Waals surface area contributed by atoms with Crippen molar-refractivity contribution in [1.82, 2.24) is 4.90 Å². The number of likely N-dealkylation sites (tertiary alicyclic amines) is 1. The van der Waals surface area contributed by atoms with Gasteiger partial charge in [0, 0.05) is 7.11 Å². The molecular weight excluding hydrogens is 338 g/mol. The van der Waals surface area contributed by atoms with Gasteiger partial charge in [0.25, 0.3) is 0 Å². The number of ether oxygens (including phenoxy) is 4. The molecular formula is C19H27NO6. The summed E-state index contributed by atoms with van der Waals surface area (Å²) in [6.07, 6.45) is 0.264. The molecule has 1 aliphatic rings. The maximum atomic E-state index is 12.4. The molecule has 0 spiro atoms. The van der Waals surface area contributed by atoms with Crippen LogP contribution < -0.4 is 4.74 Å². The second-order valence-electron chi connectivity index (χ2n) is 7.21. The Kier molecular flexibility index (Phi) is 6.47. The van der Waals surface area contributed by atoms with Crippen molar-refractivity contribution < 1.29 is 28.5 Å². The van der Waals surface area contributed by atoms with Gasteiger partial charge in [0.1, 0.15) is 18.0 Å². The van der Waals surface area contributed by atoms with Crippen molar-refractivity contribution in [2.45, 2.75) is 44.9 Å². The highest BCUT2D eigenvalue weighted by Crippen LogP contribution is 2.24. The molecule has 0 bridgehead atoms. The fourth-order valence-electron chi connectivity index (χ4n) is 2.74. The third-order valence-electron chi connectivity index (χ3n) is 4.06. The maximum absolute atomic E-state index is 12.4. The van der Waals surface area contributed by atoms with Crippen molar-refractivity contribution in [1.29, 1.82) is 0 Å². The average molecular weight is 365 g/mol. The Morgan fingerprint density at radius 2 is 1.81 bits per heavy atom. The molecule has 1 aliphatic heterocycles. The number of benzene rings is 1. The zero-order valence-electron chi connectivity index (χ0n) is 16.0. The smallest absolute Gasteiger partial charge is 0.410 e. The minimum Gasteiger partial charge on any atom is -0.491 e. The molecule has 0 aliphatic carbocycles. The van der Waals surface area contributed by atoms with Crippen LogP contribution in [0.15, 0.2) is 24.3 Å². The van der Waals surface area contributed by atoms with Crippen LogP contribution in [0, 0.1) is 0 Å². The predicted molar refractivity (Wildman–Crippen MR) is 95.4 cm³/mol. The number of esters is 1. The second-order valence-corrected chi connectivity index (χ2v) is 7.21. The van der Waals surface area contributed by atoms with E-state index < -0.39 is 11.6 Å². The van der Waals surface area contributed by atoms with Crippen molar-refractivity contribution in [3.8, 4) is 5.75 Å². The Balaban J connectivity index is 1.99. The molecule has 1 heterocycles. The highest BCUT2D eigenvalue weighted by Gasteiger charge is 2.38. The molecule has 0 saturated carbocycles. The lowest BCUT2D eigenvalue weighted by atomic mass is 10.2. The molecule has 26 heavy (non-hydrogen) atoms. The monoisotopic (exact) mass is 365 g/mol. The number of methoxy groups -OCH3 is 2. The quantitative estimate of drug-likeness (QED) is 0.747. The van der Waals surface area contributed by atoms with Crippen LogP contribution in [0.3, 0.4) is 0 Å². The first-order chi connectivity index (χ1) is 12.2. The van der Waals surface area contributed by atoms with Gasteiger partial charge in [0.15, 0.2) is 0 Å². The van der Waals surface area contributed by atoms with E-state index in [-0.39, 0.29) is 18.2 Å². The standard InChI is InChI=1S/C19H27NO6/c1-19(2,3)26-18(22)20-11-16(23-4)10-14(20)12-25-15-8-6-13(7-9-15)17(21)24-5/h6-9,14,16H,10-12H2,1-5H3. The fraction of sp³-hybridized carbons (Fsp3) is 0.579. The fourth-order valence-corrected chi connectivity index (χ4v) is 2.74. The van der Waals surface area contributed by atoms with Gasteiger partial charge in [-0.05, 0) is 51.5 Å². The van der Waals surface area contributed by atoms with Crippen LogP contribution >= 0.6 is 0 Å². The molecule has 0 N–H and O–H groups in total. The van der Waals surface area contributed by atoms with Crippen molar-refractivity contribution in [3.05, 3.63) is 29.8 Å². The van der Waals surface area contributed by atoms with Crippen LogP contribution in [-0.2, 0) is 14.2 Å². The molecule has 7 nitrogen and oxygen atoms in total. The Labute approximate surface area is 154 Å². The highest BCUT2D eigenvalue weighted by atomic mass is 16.6. The van der Waals surface area contributed by atoms with Gasteiger partial charge in [0.05, 0.1) is 31.4 Å². The minimum absolute atomic E-state index is 0.0437. The Morgan fingerprint density at radius 1 is 1.15 bits per heavy atom. The summed E-state index contributed by atoms with van der Waals surface area (Å²) in [7, 11) is 2.97. The zero-order chi connectivity index (χ0) is 19.3. The first kappa shape index (κ1) is 20.0. The molecule has 0 radical (unpaired) electrons. The molecule has 2 unspecified atom stereocenters. The number of amides is 1. The van der Waals surface area contributed by atoms with E-state index >= 15 is 0 Å². The average Bonchev–Trinajstić information content (AvgIpc) is 3.02. The van der Waals surface area contributed by atoms with Gasteiger partial charge in [0.2, 0.25) is 0 Å². The van der Waals surface area contributed by atoms with E-state index in [1.165, 1.54) is 7.11 Å². The van der Waals surface area contributed by atoms with E-state index in [2.05, 4.69) is 4.74 Å². The van der Waals surface area contributed by atoms with Crippen molar-refractivity contribution in [2.75, 3.05) is 27.4 Å². The summed E-state index contributed by atoms with van der Waals surface area (Å²) >= 11 is 0. The zero-order valence-corrected chi connectivity index (χ0v) is 16.0. The van der Waals surface area contributed by atoms with Gasteiger partial charge in [-0.2, -0.15) is 0 Å². The van der Waals surface area contributed by atoms with Crippen molar-refractivity contribution in [3.63, 3.8) is 0 Å². The van der Waals surface area contributed by atoms with E-state index in [1.807, 2.05) is 20.8 Å². The first-order valence-electron chi connectivity index (χ1n) is 8.57. The van der Waals surface area contributed by atoms with Crippen LogP contribution in [0.5, 0.6) is 5.75 Å². The highest BCUT2D eigenvalue weighted by molar-refractivity contribution is 5.89. The first-order valence-corrected chi connectivity index (χ1v) is 8.57.